The van der Waals surface area contributed by atoms with Crippen LogP contribution < -0.4 is 5.32 Å². The molecule has 0 unspecified atom stereocenters. The number of nitrogens with zero attached hydrogens (tertiary/aromatic N) is 2. The van der Waals surface area contributed by atoms with Crippen molar-refractivity contribution in [1.29, 1.82) is 0 Å². The molecule has 0 aliphatic carbocycles. The molecule has 0 aliphatic rings. The normalized spacial score (nSPS) is 10.9. The van der Waals surface area contributed by atoms with Crippen LogP contribution in [0.4, 0.5) is 5.69 Å². The van der Waals surface area contributed by atoms with Crippen molar-refractivity contribution in [2.45, 2.75) is 26.2 Å². The first-order valence-electron chi connectivity index (χ1n) is 6.47. The van der Waals surface area contributed by atoms with Gasteiger partial charge in [0.25, 0.3) is 0 Å². The summed E-state index contributed by atoms with van der Waals surface area (Å²) < 4.78 is 1.92. The van der Waals surface area contributed by atoms with Crippen molar-refractivity contribution in [3.05, 3.63) is 47.8 Å². The van der Waals surface area contributed by atoms with E-state index in [2.05, 4.69) is 54.6 Å². The Balaban J connectivity index is 1.85. The van der Waals surface area contributed by atoms with Crippen LogP contribution in [0.5, 0.6) is 0 Å². The Morgan fingerprint density at radius 1 is 1.17 bits per heavy atom. The molecule has 0 radical (unpaired) electrons. The van der Waals surface area contributed by atoms with Gasteiger partial charge in [-0.3, -0.25) is 4.68 Å². The number of anilines is 1. The molecule has 0 fully saturated rings. The minimum absolute atomic E-state index is 0.591. The molecule has 1 aromatic carbocycles. The van der Waals surface area contributed by atoms with E-state index < -0.39 is 0 Å². The SMILES string of the molecule is CC(C)c1ccc(NCCc2ccnn2C)cc1. The van der Waals surface area contributed by atoms with Crippen molar-refractivity contribution in [2.24, 2.45) is 7.05 Å². The van der Waals surface area contributed by atoms with Crippen LogP contribution in [-0.4, -0.2) is 16.3 Å². The Morgan fingerprint density at radius 3 is 2.44 bits per heavy atom. The summed E-state index contributed by atoms with van der Waals surface area (Å²) in [6.45, 7) is 5.36. The third-order valence-electron chi connectivity index (χ3n) is 3.21. The summed E-state index contributed by atoms with van der Waals surface area (Å²) >= 11 is 0. The molecule has 3 heteroatoms. The lowest BCUT2D eigenvalue weighted by molar-refractivity contribution is 0.711. The van der Waals surface area contributed by atoms with E-state index in [1.54, 1.807) is 0 Å². The van der Waals surface area contributed by atoms with Gasteiger partial charge in [-0.25, -0.2) is 0 Å². The highest BCUT2D eigenvalue weighted by Gasteiger charge is 2.00. The molecule has 1 N–H and O–H groups in total. The minimum Gasteiger partial charge on any atom is -0.385 e. The molecule has 96 valence electrons. The standard InChI is InChI=1S/C15H21N3/c1-12(2)13-4-6-14(7-5-13)16-10-8-15-9-11-17-18(15)3/h4-7,9,11-12,16H,8,10H2,1-3H3. The Labute approximate surface area is 109 Å². The fraction of sp³-hybridized carbons (Fsp3) is 0.400. The predicted molar refractivity (Wildman–Crippen MR) is 75.9 cm³/mol. The van der Waals surface area contributed by atoms with Crippen molar-refractivity contribution < 1.29 is 0 Å². The number of benzene rings is 1. The molecule has 0 aliphatic heterocycles. The van der Waals surface area contributed by atoms with Gasteiger partial charge >= 0.3 is 0 Å². The third kappa shape index (κ3) is 3.13. The van der Waals surface area contributed by atoms with Gasteiger partial charge in [0.15, 0.2) is 0 Å². The maximum Gasteiger partial charge on any atom is 0.0492 e. The lowest BCUT2D eigenvalue weighted by Gasteiger charge is -2.09. The fourth-order valence-electron chi connectivity index (χ4n) is 1.97. The predicted octanol–water partition coefficient (Wildman–Crippen LogP) is 3.20. The van der Waals surface area contributed by atoms with Gasteiger partial charge in [0, 0.05) is 37.6 Å². The van der Waals surface area contributed by atoms with Crippen LogP contribution in [0.25, 0.3) is 0 Å². The van der Waals surface area contributed by atoms with Gasteiger partial charge in [0.1, 0.15) is 0 Å². The summed E-state index contributed by atoms with van der Waals surface area (Å²) in [4.78, 5) is 0. The highest BCUT2D eigenvalue weighted by Crippen LogP contribution is 2.17. The topological polar surface area (TPSA) is 29.9 Å². The largest absolute Gasteiger partial charge is 0.385 e. The summed E-state index contributed by atoms with van der Waals surface area (Å²) in [5.41, 5.74) is 3.81. The molecule has 2 aromatic rings. The molecule has 1 heterocycles. The molecule has 2 rings (SSSR count). The average molecular weight is 243 g/mol. The zero-order chi connectivity index (χ0) is 13.0. The Morgan fingerprint density at radius 2 is 1.89 bits per heavy atom. The van der Waals surface area contributed by atoms with E-state index in [0.717, 1.165) is 13.0 Å². The zero-order valence-electron chi connectivity index (χ0n) is 11.4. The first-order chi connectivity index (χ1) is 8.66. The van der Waals surface area contributed by atoms with Crippen molar-refractivity contribution in [3.8, 4) is 0 Å². The molecular weight excluding hydrogens is 222 g/mol. The average Bonchev–Trinajstić information content (AvgIpc) is 2.76. The van der Waals surface area contributed by atoms with Gasteiger partial charge in [-0.1, -0.05) is 26.0 Å². The number of aromatic nitrogens is 2. The summed E-state index contributed by atoms with van der Waals surface area (Å²) in [5, 5.41) is 7.60. The van der Waals surface area contributed by atoms with E-state index in [4.69, 9.17) is 0 Å². The summed E-state index contributed by atoms with van der Waals surface area (Å²) in [6, 6.07) is 10.7. The maximum atomic E-state index is 4.16. The number of hydrogen-bond acceptors (Lipinski definition) is 2. The molecular formula is C15H21N3. The van der Waals surface area contributed by atoms with Gasteiger partial charge in [-0.05, 0) is 29.7 Å². The summed E-state index contributed by atoms with van der Waals surface area (Å²) in [5.74, 6) is 0.591. The number of aryl methyl sites for hydroxylation is 1. The molecule has 1 aromatic heterocycles. The third-order valence-corrected chi connectivity index (χ3v) is 3.21. The Hall–Kier alpha value is -1.77. The fourth-order valence-corrected chi connectivity index (χ4v) is 1.97. The minimum atomic E-state index is 0.591. The van der Waals surface area contributed by atoms with Crippen LogP contribution in [0.1, 0.15) is 31.0 Å². The lowest BCUT2D eigenvalue weighted by atomic mass is 10.0. The summed E-state index contributed by atoms with van der Waals surface area (Å²) in [7, 11) is 1.98. The number of rotatable bonds is 5. The molecule has 0 amide bonds. The maximum absolute atomic E-state index is 4.16. The molecule has 0 atom stereocenters. The van der Waals surface area contributed by atoms with E-state index >= 15 is 0 Å². The first-order valence-corrected chi connectivity index (χ1v) is 6.47. The quantitative estimate of drug-likeness (QED) is 0.874. The van der Waals surface area contributed by atoms with Crippen LogP contribution in [-0.2, 0) is 13.5 Å². The molecule has 0 bridgehead atoms. The van der Waals surface area contributed by atoms with E-state index in [1.807, 2.05) is 17.9 Å². The van der Waals surface area contributed by atoms with Gasteiger partial charge in [-0.2, -0.15) is 5.10 Å². The monoisotopic (exact) mass is 243 g/mol. The van der Waals surface area contributed by atoms with Gasteiger partial charge < -0.3 is 5.32 Å². The molecule has 0 saturated heterocycles. The molecule has 18 heavy (non-hydrogen) atoms. The van der Waals surface area contributed by atoms with Gasteiger partial charge in [0.05, 0.1) is 0 Å². The Kier molecular flexibility index (Phi) is 4.03. The van der Waals surface area contributed by atoms with Crippen LogP contribution in [0.2, 0.25) is 0 Å². The summed E-state index contributed by atoms with van der Waals surface area (Å²) in [6.07, 6.45) is 2.83. The molecule has 0 saturated carbocycles. The van der Waals surface area contributed by atoms with Crippen molar-refractivity contribution in [2.75, 3.05) is 11.9 Å². The number of hydrogen-bond donors (Lipinski definition) is 1. The second-order valence-electron chi connectivity index (χ2n) is 4.90. The second-order valence-corrected chi connectivity index (χ2v) is 4.90. The smallest absolute Gasteiger partial charge is 0.0492 e. The van der Waals surface area contributed by atoms with Crippen LogP contribution in [0.15, 0.2) is 36.5 Å². The van der Waals surface area contributed by atoms with Crippen LogP contribution in [0, 0.1) is 0 Å². The van der Waals surface area contributed by atoms with Crippen molar-refractivity contribution in [1.82, 2.24) is 9.78 Å². The van der Waals surface area contributed by atoms with Gasteiger partial charge in [-0.15, -0.1) is 0 Å². The van der Waals surface area contributed by atoms with E-state index in [-0.39, 0.29) is 0 Å². The Bertz CT molecular complexity index is 483. The van der Waals surface area contributed by atoms with Crippen LogP contribution in [0.3, 0.4) is 0 Å². The number of nitrogens with one attached hydrogen (secondary N) is 1. The second kappa shape index (κ2) is 5.71. The molecule has 0 spiro atoms. The van der Waals surface area contributed by atoms with Crippen LogP contribution >= 0.6 is 0 Å². The molecule has 3 nitrogen and oxygen atoms in total. The van der Waals surface area contributed by atoms with E-state index in [0.29, 0.717) is 5.92 Å². The zero-order valence-corrected chi connectivity index (χ0v) is 11.4. The van der Waals surface area contributed by atoms with E-state index in [9.17, 15) is 0 Å². The van der Waals surface area contributed by atoms with Gasteiger partial charge in [0.2, 0.25) is 0 Å². The first kappa shape index (κ1) is 12.7. The van der Waals surface area contributed by atoms with E-state index in [1.165, 1.54) is 16.9 Å². The van der Waals surface area contributed by atoms with Crippen molar-refractivity contribution >= 4 is 5.69 Å². The highest BCUT2D eigenvalue weighted by molar-refractivity contribution is 5.45. The van der Waals surface area contributed by atoms with Crippen molar-refractivity contribution in [3.63, 3.8) is 0 Å². The lowest BCUT2D eigenvalue weighted by Crippen LogP contribution is -2.08. The highest BCUT2D eigenvalue weighted by atomic mass is 15.3.